The number of carbonyl (C=O) groups is 1. The Kier molecular flexibility index (Phi) is 6.18. The maximum absolute atomic E-state index is 13.0. The maximum Gasteiger partial charge on any atom is 0.223 e. The summed E-state index contributed by atoms with van der Waals surface area (Å²) in [5.41, 5.74) is 1.47. The molecule has 1 aliphatic rings. The van der Waals surface area contributed by atoms with E-state index in [2.05, 4.69) is 10.3 Å². The van der Waals surface area contributed by atoms with Gasteiger partial charge < -0.3 is 5.32 Å². The van der Waals surface area contributed by atoms with E-state index >= 15 is 0 Å². The van der Waals surface area contributed by atoms with Gasteiger partial charge in [0.05, 0.1) is 5.75 Å². The minimum absolute atomic E-state index is 0.0607. The normalized spacial score (nSPS) is 16.2. The quantitative estimate of drug-likeness (QED) is 0.818. The van der Waals surface area contributed by atoms with Crippen molar-refractivity contribution in [2.24, 2.45) is 5.92 Å². The summed E-state index contributed by atoms with van der Waals surface area (Å²) in [6.07, 6.45) is 4.35. The van der Waals surface area contributed by atoms with E-state index in [1.54, 1.807) is 12.4 Å². The molecule has 0 atom stereocenters. The van der Waals surface area contributed by atoms with Crippen molar-refractivity contribution < 1.29 is 17.6 Å². The fourth-order valence-electron chi connectivity index (χ4n) is 3.11. The summed E-state index contributed by atoms with van der Waals surface area (Å²) in [6.45, 7) is 1.04. The lowest BCUT2D eigenvalue weighted by molar-refractivity contribution is -0.126. The summed E-state index contributed by atoms with van der Waals surface area (Å²) in [5, 5.41) is 2.88. The number of rotatable bonds is 6. The van der Waals surface area contributed by atoms with Crippen LogP contribution in [-0.2, 0) is 27.1 Å². The van der Waals surface area contributed by atoms with Crippen molar-refractivity contribution in [3.63, 3.8) is 0 Å². The van der Waals surface area contributed by atoms with Crippen LogP contribution in [0.5, 0.6) is 0 Å². The molecular weight excluding hydrogens is 369 g/mol. The molecule has 2 heterocycles. The van der Waals surface area contributed by atoms with Crippen LogP contribution < -0.4 is 5.32 Å². The predicted molar refractivity (Wildman–Crippen MR) is 99.4 cm³/mol. The number of nitrogens with one attached hydrogen (secondary N) is 1. The summed E-state index contributed by atoms with van der Waals surface area (Å²) in [7, 11) is -3.48. The van der Waals surface area contributed by atoms with Gasteiger partial charge in [-0.2, -0.15) is 0 Å². The number of sulfonamides is 1. The number of hydrogen-bond donors (Lipinski definition) is 1. The van der Waals surface area contributed by atoms with Gasteiger partial charge in [-0.3, -0.25) is 9.78 Å². The first-order valence-corrected chi connectivity index (χ1v) is 10.4. The molecule has 1 saturated heterocycles. The number of piperidine rings is 1. The number of aromatic nitrogens is 1. The zero-order valence-corrected chi connectivity index (χ0v) is 15.7. The van der Waals surface area contributed by atoms with Crippen molar-refractivity contribution in [1.82, 2.24) is 14.6 Å². The number of benzene rings is 1. The smallest absolute Gasteiger partial charge is 0.223 e. The average molecular weight is 391 g/mol. The maximum atomic E-state index is 13.0. The summed E-state index contributed by atoms with van der Waals surface area (Å²) in [5.74, 6) is -0.812. The molecule has 6 nitrogen and oxygen atoms in total. The van der Waals surface area contributed by atoms with E-state index < -0.39 is 15.8 Å². The van der Waals surface area contributed by atoms with Crippen molar-refractivity contribution in [2.75, 3.05) is 13.1 Å². The fourth-order valence-corrected chi connectivity index (χ4v) is 4.68. The molecule has 0 spiro atoms. The molecule has 8 heteroatoms. The van der Waals surface area contributed by atoms with Gasteiger partial charge in [-0.05, 0) is 42.2 Å². The van der Waals surface area contributed by atoms with Crippen LogP contribution in [0.25, 0.3) is 0 Å². The molecule has 144 valence electrons. The van der Waals surface area contributed by atoms with Crippen LogP contribution in [0.15, 0.2) is 48.8 Å². The zero-order chi connectivity index (χ0) is 19.3. The first kappa shape index (κ1) is 19.4. The Morgan fingerprint density at radius 2 is 1.85 bits per heavy atom. The topological polar surface area (TPSA) is 79.4 Å². The second kappa shape index (κ2) is 8.58. The Hall–Kier alpha value is -2.32. The molecule has 0 unspecified atom stereocenters. The number of hydrogen-bond acceptors (Lipinski definition) is 4. The summed E-state index contributed by atoms with van der Waals surface area (Å²) in [6, 6.07) is 9.16. The van der Waals surface area contributed by atoms with Crippen molar-refractivity contribution in [3.8, 4) is 0 Å². The third-order valence-electron chi connectivity index (χ3n) is 4.67. The molecule has 1 amide bonds. The van der Waals surface area contributed by atoms with Crippen LogP contribution in [0.1, 0.15) is 24.0 Å². The summed E-state index contributed by atoms with van der Waals surface area (Å²) >= 11 is 0. The SMILES string of the molecule is O=C(NCc1cccnc1)C1CCN(S(=O)(=O)Cc2ccc(F)cc2)CC1. The number of halogens is 1. The molecule has 0 saturated carbocycles. The van der Waals surface area contributed by atoms with E-state index in [9.17, 15) is 17.6 Å². The van der Waals surface area contributed by atoms with Crippen LogP contribution in [0.3, 0.4) is 0 Å². The van der Waals surface area contributed by atoms with E-state index in [1.807, 2.05) is 12.1 Å². The first-order chi connectivity index (χ1) is 12.9. The molecule has 0 radical (unpaired) electrons. The fraction of sp³-hybridized carbons (Fsp3) is 0.368. The molecule has 1 aliphatic heterocycles. The molecule has 1 aromatic heterocycles. The Balaban J connectivity index is 1.50. The second-order valence-corrected chi connectivity index (χ2v) is 8.60. The largest absolute Gasteiger partial charge is 0.352 e. The lowest BCUT2D eigenvalue weighted by Crippen LogP contribution is -2.43. The van der Waals surface area contributed by atoms with Crippen LogP contribution >= 0.6 is 0 Å². The van der Waals surface area contributed by atoms with Crippen molar-refractivity contribution in [1.29, 1.82) is 0 Å². The van der Waals surface area contributed by atoms with Crippen LogP contribution in [0.2, 0.25) is 0 Å². The molecule has 27 heavy (non-hydrogen) atoms. The second-order valence-electron chi connectivity index (χ2n) is 6.64. The Bertz CT molecular complexity index is 865. The van der Waals surface area contributed by atoms with Gasteiger partial charge in [-0.25, -0.2) is 17.1 Å². The molecule has 2 aromatic rings. The average Bonchev–Trinajstić information content (AvgIpc) is 2.69. The van der Waals surface area contributed by atoms with Crippen LogP contribution in [0, 0.1) is 11.7 Å². The van der Waals surface area contributed by atoms with E-state index in [0.29, 0.717) is 38.0 Å². The van der Waals surface area contributed by atoms with Gasteiger partial charge in [-0.1, -0.05) is 18.2 Å². The van der Waals surface area contributed by atoms with Crippen molar-refractivity contribution >= 4 is 15.9 Å². The molecular formula is C19H22FN3O3S. The van der Waals surface area contributed by atoms with E-state index in [1.165, 1.54) is 28.6 Å². The molecule has 3 rings (SSSR count). The highest BCUT2D eigenvalue weighted by molar-refractivity contribution is 7.88. The third-order valence-corrected chi connectivity index (χ3v) is 6.52. The number of nitrogens with zero attached hydrogens (tertiary/aromatic N) is 2. The van der Waals surface area contributed by atoms with Crippen molar-refractivity contribution in [3.05, 3.63) is 65.7 Å². The van der Waals surface area contributed by atoms with E-state index in [4.69, 9.17) is 0 Å². The third kappa shape index (κ3) is 5.33. The van der Waals surface area contributed by atoms with Gasteiger partial charge in [0, 0.05) is 37.9 Å². The molecule has 0 bridgehead atoms. The van der Waals surface area contributed by atoms with E-state index in [-0.39, 0.29) is 17.6 Å². The number of pyridine rings is 1. The monoisotopic (exact) mass is 391 g/mol. The Morgan fingerprint density at radius 3 is 2.48 bits per heavy atom. The summed E-state index contributed by atoms with van der Waals surface area (Å²) in [4.78, 5) is 16.3. The lowest BCUT2D eigenvalue weighted by Gasteiger charge is -2.30. The highest BCUT2D eigenvalue weighted by Gasteiger charge is 2.31. The molecule has 1 aromatic carbocycles. The zero-order valence-electron chi connectivity index (χ0n) is 14.8. The highest BCUT2D eigenvalue weighted by atomic mass is 32.2. The van der Waals surface area contributed by atoms with Crippen LogP contribution in [-0.4, -0.2) is 36.7 Å². The van der Waals surface area contributed by atoms with Gasteiger partial charge in [0.15, 0.2) is 0 Å². The van der Waals surface area contributed by atoms with Crippen LogP contribution in [0.4, 0.5) is 4.39 Å². The summed E-state index contributed by atoms with van der Waals surface area (Å²) < 4.78 is 39.5. The van der Waals surface area contributed by atoms with Gasteiger partial charge >= 0.3 is 0 Å². The van der Waals surface area contributed by atoms with Gasteiger partial charge in [0.1, 0.15) is 5.82 Å². The van der Waals surface area contributed by atoms with E-state index in [0.717, 1.165) is 5.56 Å². The minimum Gasteiger partial charge on any atom is -0.352 e. The Morgan fingerprint density at radius 1 is 1.15 bits per heavy atom. The van der Waals surface area contributed by atoms with Gasteiger partial charge in [0.25, 0.3) is 0 Å². The highest BCUT2D eigenvalue weighted by Crippen LogP contribution is 2.22. The number of amides is 1. The van der Waals surface area contributed by atoms with Crippen molar-refractivity contribution in [2.45, 2.75) is 25.1 Å². The first-order valence-electron chi connectivity index (χ1n) is 8.83. The minimum atomic E-state index is -3.48. The Labute approximate surface area is 158 Å². The molecule has 0 aliphatic carbocycles. The van der Waals surface area contributed by atoms with Gasteiger partial charge in [0.2, 0.25) is 15.9 Å². The molecule has 1 N–H and O–H groups in total. The predicted octanol–water partition coefficient (Wildman–Crippen LogP) is 2.08. The van der Waals surface area contributed by atoms with Gasteiger partial charge in [-0.15, -0.1) is 0 Å². The molecule has 1 fully saturated rings. The standard InChI is InChI=1S/C19H22FN3O3S/c20-18-5-3-15(4-6-18)14-27(25,26)23-10-7-17(8-11-23)19(24)22-13-16-2-1-9-21-12-16/h1-6,9,12,17H,7-8,10-11,13-14H2,(H,22,24). The lowest BCUT2D eigenvalue weighted by atomic mass is 9.97. The number of carbonyl (C=O) groups excluding carboxylic acids is 1.